The Kier molecular flexibility index (Phi) is 4.05. The summed E-state index contributed by atoms with van der Waals surface area (Å²) < 4.78 is 39.4. The van der Waals surface area contributed by atoms with Gasteiger partial charge in [-0.25, -0.2) is 9.97 Å². The number of hydrogen-bond donors (Lipinski definition) is 0. The van der Waals surface area contributed by atoms with Crippen molar-refractivity contribution in [1.82, 2.24) is 9.97 Å². The van der Waals surface area contributed by atoms with E-state index >= 15 is 0 Å². The Morgan fingerprint density at radius 2 is 1.76 bits per heavy atom. The largest absolute Gasteiger partial charge is 0.416 e. The molecule has 0 fully saturated rings. The second kappa shape index (κ2) is 5.82. The number of carbonyl (C=O) groups excluding carboxylic acids is 1. The first-order chi connectivity index (χ1) is 11.6. The molecule has 0 N–H and O–H groups in total. The minimum absolute atomic E-state index is 0.163. The van der Waals surface area contributed by atoms with Crippen LogP contribution in [0.3, 0.4) is 0 Å². The quantitative estimate of drug-likeness (QED) is 0.782. The van der Waals surface area contributed by atoms with E-state index < -0.39 is 17.6 Å². The van der Waals surface area contributed by atoms with Gasteiger partial charge < -0.3 is 4.90 Å². The van der Waals surface area contributed by atoms with Crippen molar-refractivity contribution in [2.24, 2.45) is 0 Å². The fraction of sp³-hybridized carbons (Fsp3) is 0.389. The van der Waals surface area contributed by atoms with E-state index in [2.05, 4.69) is 9.97 Å². The molecule has 3 rings (SSSR count). The van der Waals surface area contributed by atoms with E-state index in [1.807, 2.05) is 20.8 Å². The van der Waals surface area contributed by atoms with E-state index in [1.54, 1.807) is 6.07 Å². The number of rotatable bonds is 1. The third-order valence-corrected chi connectivity index (χ3v) is 4.15. The molecule has 1 aliphatic rings. The lowest BCUT2D eigenvalue weighted by molar-refractivity contribution is -0.138. The molecule has 4 nitrogen and oxygen atoms in total. The monoisotopic (exact) mass is 349 g/mol. The molecule has 0 spiro atoms. The molecule has 0 saturated heterocycles. The molecule has 0 unspecified atom stereocenters. The van der Waals surface area contributed by atoms with Crippen molar-refractivity contribution in [2.75, 3.05) is 11.4 Å². The minimum atomic E-state index is -4.43. The number of benzene rings is 1. The fourth-order valence-corrected chi connectivity index (χ4v) is 2.89. The molecule has 132 valence electrons. The number of nitrogens with zero attached hydrogens (tertiary/aromatic N) is 3. The summed E-state index contributed by atoms with van der Waals surface area (Å²) in [5.41, 5.74) is -0.197. The molecule has 0 atom stereocenters. The zero-order valence-corrected chi connectivity index (χ0v) is 14.2. The number of hydrogen-bond acceptors (Lipinski definition) is 3. The van der Waals surface area contributed by atoms with Gasteiger partial charge in [0.2, 0.25) is 0 Å². The van der Waals surface area contributed by atoms with Crippen molar-refractivity contribution in [3.05, 3.63) is 53.1 Å². The van der Waals surface area contributed by atoms with Crippen LogP contribution < -0.4 is 4.90 Å². The Balaban J connectivity index is 1.92. The summed E-state index contributed by atoms with van der Waals surface area (Å²) in [6.07, 6.45) is -1.39. The lowest BCUT2D eigenvalue weighted by atomic mass is 9.96. The van der Waals surface area contributed by atoms with E-state index in [1.165, 1.54) is 23.4 Å². The highest BCUT2D eigenvalue weighted by atomic mass is 19.4. The molecule has 0 radical (unpaired) electrons. The normalized spacial score (nSPS) is 14.6. The smallest absolute Gasteiger partial charge is 0.308 e. The Morgan fingerprint density at radius 1 is 1.12 bits per heavy atom. The van der Waals surface area contributed by atoms with Gasteiger partial charge >= 0.3 is 6.18 Å². The van der Waals surface area contributed by atoms with Gasteiger partial charge in [-0.1, -0.05) is 26.8 Å². The summed E-state index contributed by atoms with van der Waals surface area (Å²) in [5, 5.41) is 0. The summed E-state index contributed by atoms with van der Waals surface area (Å²) in [5.74, 6) is 0.212. The van der Waals surface area contributed by atoms with Gasteiger partial charge in [0.15, 0.2) is 0 Å². The van der Waals surface area contributed by atoms with Crippen LogP contribution in [0.5, 0.6) is 0 Å². The standard InChI is InChI=1S/C18H18F3N3O/c1-17(2,3)16-22-9-11(10-23-16)15(25)24-8-7-12-13(18(19,20)21)5-4-6-14(12)24/h4-6,9-10H,7-8H2,1-3H3. The van der Waals surface area contributed by atoms with E-state index in [-0.39, 0.29) is 29.5 Å². The van der Waals surface area contributed by atoms with Gasteiger partial charge in [0, 0.05) is 30.0 Å². The Morgan fingerprint density at radius 3 is 2.32 bits per heavy atom. The third-order valence-electron chi connectivity index (χ3n) is 4.15. The Bertz CT molecular complexity index is 808. The number of aromatic nitrogens is 2. The number of fused-ring (bicyclic) bond motifs is 1. The summed E-state index contributed by atoms with van der Waals surface area (Å²) in [4.78, 5) is 22.5. The lowest BCUT2D eigenvalue weighted by Crippen LogP contribution is -2.29. The molecule has 1 amide bonds. The van der Waals surface area contributed by atoms with E-state index in [0.29, 0.717) is 11.5 Å². The molecule has 7 heteroatoms. The number of halogens is 3. The zero-order valence-electron chi connectivity index (χ0n) is 14.2. The van der Waals surface area contributed by atoms with Crippen LogP contribution in [0, 0.1) is 0 Å². The van der Waals surface area contributed by atoms with Crippen molar-refractivity contribution in [2.45, 2.75) is 38.8 Å². The minimum Gasteiger partial charge on any atom is -0.308 e. The predicted octanol–water partition coefficient (Wildman–Crippen LogP) is 4.00. The summed E-state index contributed by atoms with van der Waals surface area (Å²) in [6.45, 7) is 6.08. The number of amides is 1. The zero-order chi connectivity index (χ0) is 18.4. The van der Waals surface area contributed by atoms with Crippen molar-refractivity contribution in [3.63, 3.8) is 0 Å². The van der Waals surface area contributed by atoms with Crippen LogP contribution >= 0.6 is 0 Å². The van der Waals surface area contributed by atoms with Crippen LogP contribution in [0.15, 0.2) is 30.6 Å². The number of carbonyl (C=O) groups is 1. The van der Waals surface area contributed by atoms with Crippen LogP contribution in [0.1, 0.15) is 48.1 Å². The van der Waals surface area contributed by atoms with Gasteiger partial charge in [-0.15, -0.1) is 0 Å². The van der Waals surface area contributed by atoms with E-state index in [0.717, 1.165) is 6.07 Å². The molecule has 1 aromatic heterocycles. The highest BCUT2D eigenvalue weighted by Gasteiger charge is 2.38. The fourth-order valence-electron chi connectivity index (χ4n) is 2.89. The Labute approximate surface area is 143 Å². The predicted molar refractivity (Wildman–Crippen MR) is 87.6 cm³/mol. The maximum absolute atomic E-state index is 13.1. The maximum Gasteiger partial charge on any atom is 0.416 e. The van der Waals surface area contributed by atoms with Crippen molar-refractivity contribution in [3.8, 4) is 0 Å². The van der Waals surface area contributed by atoms with E-state index in [9.17, 15) is 18.0 Å². The van der Waals surface area contributed by atoms with Gasteiger partial charge in [0.05, 0.1) is 11.1 Å². The summed E-state index contributed by atoms with van der Waals surface area (Å²) in [6, 6.07) is 3.92. The van der Waals surface area contributed by atoms with Crippen LogP contribution in [0.25, 0.3) is 0 Å². The maximum atomic E-state index is 13.1. The Hall–Kier alpha value is -2.44. The highest BCUT2D eigenvalue weighted by Crippen LogP contribution is 2.39. The van der Waals surface area contributed by atoms with Gasteiger partial charge in [-0.3, -0.25) is 4.79 Å². The van der Waals surface area contributed by atoms with Gasteiger partial charge in [-0.2, -0.15) is 13.2 Å². The molecule has 1 aliphatic heterocycles. The molecular weight excluding hydrogens is 331 g/mol. The number of alkyl halides is 3. The van der Waals surface area contributed by atoms with Crippen molar-refractivity contribution in [1.29, 1.82) is 0 Å². The average molecular weight is 349 g/mol. The first-order valence-corrected chi connectivity index (χ1v) is 7.92. The molecule has 0 aliphatic carbocycles. The molecule has 2 aromatic rings. The van der Waals surface area contributed by atoms with Gasteiger partial charge in [-0.05, 0) is 24.1 Å². The average Bonchev–Trinajstić information content (AvgIpc) is 2.96. The van der Waals surface area contributed by atoms with Crippen LogP contribution in [0.4, 0.5) is 18.9 Å². The second-order valence-electron chi connectivity index (χ2n) is 7.05. The summed E-state index contributed by atoms with van der Waals surface area (Å²) in [7, 11) is 0. The molecule has 0 bridgehead atoms. The van der Waals surface area contributed by atoms with Crippen molar-refractivity contribution < 1.29 is 18.0 Å². The molecular formula is C18H18F3N3O. The van der Waals surface area contributed by atoms with Crippen LogP contribution in [-0.2, 0) is 18.0 Å². The second-order valence-corrected chi connectivity index (χ2v) is 7.05. The lowest BCUT2D eigenvalue weighted by Gasteiger charge is -2.19. The molecule has 0 saturated carbocycles. The molecule has 2 heterocycles. The summed E-state index contributed by atoms with van der Waals surface area (Å²) >= 11 is 0. The van der Waals surface area contributed by atoms with E-state index in [4.69, 9.17) is 0 Å². The number of anilines is 1. The SMILES string of the molecule is CC(C)(C)c1ncc(C(=O)N2CCc3c2cccc3C(F)(F)F)cn1. The first-order valence-electron chi connectivity index (χ1n) is 7.92. The molecule has 1 aromatic carbocycles. The molecule has 25 heavy (non-hydrogen) atoms. The first kappa shape index (κ1) is 17.4. The third kappa shape index (κ3) is 3.23. The van der Waals surface area contributed by atoms with Crippen molar-refractivity contribution >= 4 is 11.6 Å². The van der Waals surface area contributed by atoms with Crippen LogP contribution in [-0.4, -0.2) is 22.4 Å². The highest BCUT2D eigenvalue weighted by molar-refractivity contribution is 6.07. The van der Waals surface area contributed by atoms with Gasteiger partial charge in [0.1, 0.15) is 5.82 Å². The topological polar surface area (TPSA) is 46.1 Å². The van der Waals surface area contributed by atoms with Crippen LogP contribution in [0.2, 0.25) is 0 Å². The van der Waals surface area contributed by atoms with Gasteiger partial charge in [0.25, 0.3) is 5.91 Å².